The highest BCUT2D eigenvalue weighted by Crippen LogP contribution is 2.28. The van der Waals surface area contributed by atoms with Crippen LogP contribution in [0.5, 0.6) is 0 Å². The second kappa shape index (κ2) is 7.39. The minimum atomic E-state index is -0.279. The fourth-order valence-electron chi connectivity index (χ4n) is 3.92. The van der Waals surface area contributed by atoms with Crippen molar-refractivity contribution in [1.29, 1.82) is 0 Å². The summed E-state index contributed by atoms with van der Waals surface area (Å²) in [5, 5.41) is 3.48. The van der Waals surface area contributed by atoms with E-state index < -0.39 is 0 Å². The number of likely N-dealkylation sites (tertiary alicyclic amines) is 1. The Morgan fingerprint density at radius 2 is 1.90 bits per heavy atom. The number of rotatable bonds is 6. The Labute approximate surface area is 128 Å². The first-order valence-electron chi connectivity index (χ1n) is 8.72. The molecule has 3 atom stereocenters. The van der Waals surface area contributed by atoms with Gasteiger partial charge in [0.15, 0.2) is 0 Å². The molecule has 1 saturated heterocycles. The van der Waals surface area contributed by atoms with Gasteiger partial charge in [-0.25, -0.2) is 0 Å². The number of imide groups is 1. The standard InChI is InChI=1S/C17H30N2O2/c1-4-12-8-7-9-13(10-12)18-15-11-16(20)19(17(15)21)14(5-2)6-3/h12-15,18H,4-11H2,1-3H3. The summed E-state index contributed by atoms with van der Waals surface area (Å²) in [4.78, 5) is 26.2. The zero-order chi connectivity index (χ0) is 15.4. The van der Waals surface area contributed by atoms with Crippen LogP contribution in [0.1, 0.15) is 72.1 Å². The van der Waals surface area contributed by atoms with Crippen molar-refractivity contribution < 1.29 is 9.59 Å². The number of nitrogens with zero attached hydrogens (tertiary/aromatic N) is 1. The molecule has 0 aromatic heterocycles. The lowest BCUT2D eigenvalue weighted by Crippen LogP contribution is -2.47. The van der Waals surface area contributed by atoms with E-state index in [4.69, 9.17) is 0 Å². The van der Waals surface area contributed by atoms with Gasteiger partial charge in [0.25, 0.3) is 0 Å². The minimum Gasteiger partial charge on any atom is -0.303 e. The lowest BCUT2D eigenvalue weighted by atomic mass is 9.84. The van der Waals surface area contributed by atoms with Gasteiger partial charge in [0.2, 0.25) is 11.8 Å². The van der Waals surface area contributed by atoms with Gasteiger partial charge < -0.3 is 5.32 Å². The van der Waals surface area contributed by atoms with E-state index in [0.29, 0.717) is 12.5 Å². The molecule has 4 heteroatoms. The Morgan fingerprint density at radius 1 is 1.19 bits per heavy atom. The second-order valence-electron chi connectivity index (χ2n) is 6.63. The van der Waals surface area contributed by atoms with E-state index in [1.165, 1.54) is 24.2 Å². The highest BCUT2D eigenvalue weighted by atomic mass is 16.2. The molecule has 3 unspecified atom stereocenters. The van der Waals surface area contributed by atoms with E-state index in [-0.39, 0.29) is 23.9 Å². The molecule has 120 valence electrons. The first-order chi connectivity index (χ1) is 10.1. The van der Waals surface area contributed by atoms with Crippen molar-refractivity contribution in [1.82, 2.24) is 10.2 Å². The number of hydrogen-bond donors (Lipinski definition) is 1. The maximum absolute atomic E-state index is 12.5. The lowest BCUT2D eigenvalue weighted by Gasteiger charge is -2.31. The molecule has 0 radical (unpaired) electrons. The molecule has 2 rings (SSSR count). The molecular formula is C17H30N2O2. The van der Waals surface area contributed by atoms with Gasteiger partial charge in [0, 0.05) is 12.1 Å². The Morgan fingerprint density at radius 3 is 2.52 bits per heavy atom. The molecule has 1 heterocycles. The summed E-state index contributed by atoms with van der Waals surface area (Å²) in [6.45, 7) is 6.33. The normalized spacial score (nSPS) is 30.5. The number of amides is 2. The fourth-order valence-corrected chi connectivity index (χ4v) is 3.92. The maximum Gasteiger partial charge on any atom is 0.247 e. The molecule has 2 amide bonds. The minimum absolute atomic E-state index is 0.00678. The average molecular weight is 294 g/mol. The van der Waals surface area contributed by atoms with E-state index in [1.54, 1.807) is 0 Å². The smallest absolute Gasteiger partial charge is 0.247 e. The molecule has 21 heavy (non-hydrogen) atoms. The Bertz CT molecular complexity index is 379. The van der Waals surface area contributed by atoms with Crippen molar-refractivity contribution in [2.24, 2.45) is 5.92 Å². The van der Waals surface area contributed by atoms with Crippen LogP contribution in [0.2, 0.25) is 0 Å². The quantitative estimate of drug-likeness (QED) is 0.766. The van der Waals surface area contributed by atoms with E-state index in [0.717, 1.165) is 31.6 Å². The van der Waals surface area contributed by atoms with Crippen LogP contribution in [0.4, 0.5) is 0 Å². The molecular weight excluding hydrogens is 264 g/mol. The molecule has 0 aromatic carbocycles. The van der Waals surface area contributed by atoms with Crippen molar-refractivity contribution in [3.05, 3.63) is 0 Å². The van der Waals surface area contributed by atoms with Crippen molar-refractivity contribution in [2.75, 3.05) is 0 Å². The van der Waals surface area contributed by atoms with Gasteiger partial charge in [-0.1, -0.05) is 40.0 Å². The van der Waals surface area contributed by atoms with Gasteiger partial charge in [-0.05, 0) is 31.6 Å². The van der Waals surface area contributed by atoms with Crippen LogP contribution in [0.3, 0.4) is 0 Å². The first kappa shape index (κ1) is 16.5. The van der Waals surface area contributed by atoms with Crippen LogP contribution in [0.15, 0.2) is 0 Å². The number of carbonyl (C=O) groups is 2. The SMILES string of the molecule is CCC1CCCC(NC2CC(=O)N(C(CC)CC)C2=O)C1. The summed E-state index contributed by atoms with van der Waals surface area (Å²) in [5.41, 5.74) is 0. The summed E-state index contributed by atoms with van der Waals surface area (Å²) in [6.07, 6.45) is 8.11. The summed E-state index contributed by atoms with van der Waals surface area (Å²) < 4.78 is 0. The van der Waals surface area contributed by atoms with Crippen LogP contribution in [-0.2, 0) is 9.59 Å². The molecule has 1 aliphatic heterocycles. The average Bonchev–Trinajstić information content (AvgIpc) is 2.76. The summed E-state index contributed by atoms with van der Waals surface area (Å²) in [5.74, 6) is 0.792. The van der Waals surface area contributed by atoms with Crippen molar-refractivity contribution in [2.45, 2.75) is 90.3 Å². The van der Waals surface area contributed by atoms with Crippen molar-refractivity contribution in [3.63, 3.8) is 0 Å². The predicted octanol–water partition coefficient (Wildman–Crippen LogP) is 2.86. The van der Waals surface area contributed by atoms with Gasteiger partial charge in [0.1, 0.15) is 0 Å². The zero-order valence-corrected chi connectivity index (χ0v) is 13.7. The monoisotopic (exact) mass is 294 g/mol. The predicted molar refractivity (Wildman–Crippen MR) is 83.8 cm³/mol. The van der Waals surface area contributed by atoms with Gasteiger partial charge in [0.05, 0.1) is 12.5 Å². The second-order valence-corrected chi connectivity index (χ2v) is 6.63. The molecule has 0 spiro atoms. The third kappa shape index (κ3) is 3.65. The summed E-state index contributed by atoms with van der Waals surface area (Å²) in [7, 11) is 0. The van der Waals surface area contributed by atoms with Gasteiger partial charge >= 0.3 is 0 Å². The van der Waals surface area contributed by atoms with Crippen molar-refractivity contribution in [3.8, 4) is 0 Å². The third-order valence-electron chi connectivity index (χ3n) is 5.29. The Balaban J connectivity index is 1.96. The van der Waals surface area contributed by atoms with Crippen LogP contribution in [0, 0.1) is 5.92 Å². The van der Waals surface area contributed by atoms with Gasteiger partial charge in [-0.15, -0.1) is 0 Å². The summed E-state index contributed by atoms with van der Waals surface area (Å²) in [6, 6.07) is 0.206. The molecule has 0 aromatic rings. The van der Waals surface area contributed by atoms with E-state index in [9.17, 15) is 9.59 Å². The van der Waals surface area contributed by atoms with Crippen LogP contribution >= 0.6 is 0 Å². The van der Waals surface area contributed by atoms with Crippen LogP contribution in [0.25, 0.3) is 0 Å². The number of hydrogen-bond acceptors (Lipinski definition) is 3. The molecule has 2 fully saturated rings. The maximum atomic E-state index is 12.5. The molecule has 1 saturated carbocycles. The topological polar surface area (TPSA) is 49.4 Å². The third-order valence-corrected chi connectivity index (χ3v) is 5.29. The fraction of sp³-hybridized carbons (Fsp3) is 0.882. The molecule has 1 N–H and O–H groups in total. The highest BCUT2D eigenvalue weighted by molar-refractivity contribution is 6.05. The van der Waals surface area contributed by atoms with Gasteiger partial charge in [-0.3, -0.25) is 14.5 Å². The Kier molecular flexibility index (Phi) is 5.80. The van der Waals surface area contributed by atoms with Gasteiger partial charge in [-0.2, -0.15) is 0 Å². The molecule has 0 bridgehead atoms. The van der Waals surface area contributed by atoms with E-state index in [1.807, 2.05) is 13.8 Å². The van der Waals surface area contributed by atoms with E-state index in [2.05, 4.69) is 12.2 Å². The Hall–Kier alpha value is -0.900. The highest BCUT2D eigenvalue weighted by Gasteiger charge is 2.42. The van der Waals surface area contributed by atoms with E-state index >= 15 is 0 Å². The molecule has 1 aliphatic carbocycles. The first-order valence-corrected chi connectivity index (χ1v) is 8.72. The zero-order valence-electron chi connectivity index (χ0n) is 13.7. The van der Waals surface area contributed by atoms with Crippen LogP contribution in [-0.4, -0.2) is 34.8 Å². The number of nitrogens with one attached hydrogen (secondary N) is 1. The summed E-state index contributed by atoms with van der Waals surface area (Å²) >= 11 is 0. The van der Waals surface area contributed by atoms with Crippen molar-refractivity contribution >= 4 is 11.8 Å². The number of carbonyl (C=O) groups excluding carboxylic acids is 2. The largest absolute Gasteiger partial charge is 0.303 e. The molecule has 2 aliphatic rings. The molecule has 4 nitrogen and oxygen atoms in total. The van der Waals surface area contributed by atoms with Crippen LogP contribution < -0.4 is 5.32 Å². The lowest BCUT2D eigenvalue weighted by molar-refractivity contribution is -0.141.